The molecule has 1 aliphatic heterocycles. The summed E-state index contributed by atoms with van der Waals surface area (Å²) in [6.07, 6.45) is -10.2. The van der Waals surface area contributed by atoms with Crippen LogP contribution in [0.3, 0.4) is 0 Å². The van der Waals surface area contributed by atoms with Gasteiger partial charge in [-0.2, -0.15) is 26.3 Å². The number of hydrogen-bond donors (Lipinski definition) is 2. The van der Waals surface area contributed by atoms with Crippen LogP contribution < -0.4 is 15.2 Å². The number of carbonyl (C=O) groups excluding carboxylic acids is 1. The second-order valence-electron chi connectivity index (χ2n) is 11.6. The van der Waals surface area contributed by atoms with Crippen molar-refractivity contribution in [1.82, 2.24) is 9.80 Å². The molecule has 47 heavy (non-hydrogen) atoms. The lowest BCUT2D eigenvalue weighted by atomic mass is 9.77. The third-order valence-electron chi connectivity index (χ3n) is 8.13. The van der Waals surface area contributed by atoms with Crippen LogP contribution in [0.4, 0.5) is 26.3 Å². The van der Waals surface area contributed by atoms with E-state index in [1.807, 2.05) is 50.5 Å². The van der Waals surface area contributed by atoms with Crippen molar-refractivity contribution in [2.75, 3.05) is 47.9 Å². The van der Waals surface area contributed by atoms with Crippen LogP contribution in [0.15, 0.2) is 48.5 Å². The highest BCUT2D eigenvalue weighted by atomic mass is 19.4. The molecule has 1 heterocycles. The molecule has 1 amide bonds. The predicted octanol–water partition coefficient (Wildman–Crippen LogP) is 6.28. The Bertz CT molecular complexity index is 1550. The molecule has 3 aromatic rings. The number of alkyl halides is 6. The molecule has 3 N–H and O–H groups in total. The van der Waals surface area contributed by atoms with Gasteiger partial charge in [0.25, 0.3) is 0 Å². The van der Waals surface area contributed by atoms with E-state index in [0.29, 0.717) is 6.42 Å². The minimum absolute atomic E-state index is 0.105. The monoisotopic (exact) mass is 671 g/mol. The van der Waals surface area contributed by atoms with E-state index >= 15 is 0 Å². The molecule has 0 aromatic heterocycles. The Kier molecular flexibility index (Phi) is 12.1. The highest BCUT2D eigenvalue weighted by Gasteiger charge is 2.60. The summed E-state index contributed by atoms with van der Waals surface area (Å²) in [5.41, 5.74) is 6.08. The number of aliphatic carboxylic acids is 1. The zero-order valence-corrected chi connectivity index (χ0v) is 26.6. The second kappa shape index (κ2) is 15.2. The number of nitrogens with zero attached hydrogens (tertiary/aromatic N) is 2. The highest BCUT2D eigenvalue weighted by Crippen LogP contribution is 2.47. The quantitative estimate of drug-likeness (QED) is 0.245. The van der Waals surface area contributed by atoms with Crippen molar-refractivity contribution in [3.8, 4) is 22.6 Å². The number of rotatable bonds is 10. The minimum Gasteiger partial charge on any atom is -0.496 e. The van der Waals surface area contributed by atoms with Crippen molar-refractivity contribution in [1.29, 1.82) is 0 Å². The lowest BCUT2D eigenvalue weighted by Gasteiger charge is -2.40. The van der Waals surface area contributed by atoms with E-state index in [4.69, 9.17) is 20.3 Å². The maximum absolute atomic E-state index is 12.8. The average molecular weight is 672 g/mol. The Morgan fingerprint density at radius 1 is 0.915 bits per heavy atom. The number of ether oxygens (including phenoxy) is 2. The molecule has 0 saturated carbocycles. The molecule has 1 aliphatic rings. The van der Waals surface area contributed by atoms with Crippen LogP contribution in [0, 0.1) is 5.41 Å². The Morgan fingerprint density at radius 2 is 1.53 bits per heavy atom. The summed E-state index contributed by atoms with van der Waals surface area (Å²) in [5, 5.41) is 11.2. The summed E-state index contributed by atoms with van der Waals surface area (Å²) in [7, 11) is 7.39. The van der Waals surface area contributed by atoms with Crippen LogP contribution in [0.2, 0.25) is 0 Å². The molecule has 0 unspecified atom stereocenters. The Balaban J connectivity index is 0.000000287. The van der Waals surface area contributed by atoms with E-state index in [0.717, 1.165) is 56.0 Å². The molecule has 258 valence electrons. The van der Waals surface area contributed by atoms with E-state index in [1.54, 1.807) is 14.2 Å². The first kappa shape index (κ1) is 37.4. The molecule has 0 atom stereocenters. The van der Waals surface area contributed by atoms with Crippen LogP contribution in [0.25, 0.3) is 21.9 Å². The molecular formula is C33H39F6N3O5. The van der Waals surface area contributed by atoms with Gasteiger partial charge in [0.15, 0.2) is 0 Å². The zero-order valence-electron chi connectivity index (χ0n) is 26.6. The minimum atomic E-state index is -4.83. The van der Waals surface area contributed by atoms with Gasteiger partial charge in [0.2, 0.25) is 5.91 Å². The van der Waals surface area contributed by atoms with Gasteiger partial charge < -0.3 is 25.2 Å². The largest absolute Gasteiger partial charge is 0.496 e. The molecule has 3 aromatic carbocycles. The summed E-state index contributed by atoms with van der Waals surface area (Å²) in [4.78, 5) is 25.0. The number of carboxylic acid groups (broad SMARTS) is 1. The van der Waals surface area contributed by atoms with Gasteiger partial charge in [-0.1, -0.05) is 42.5 Å². The van der Waals surface area contributed by atoms with E-state index in [2.05, 4.69) is 17.0 Å². The third kappa shape index (κ3) is 9.07. The summed E-state index contributed by atoms with van der Waals surface area (Å²) < 4.78 is 86.1. The third-order valence-corrected chi connectivity index (χ3v) is 8.13. The first-order valence-corrected chi connectivity index (χ1v) is 14.7. The Morgan fingerprint density at radius 3 is 2.04 bits per heavy atom. The number of primary amides is 1. The number of carboxylic acids is 1. The molecular weight excluding hydrogens is 632 g/mol. The average Bonchev–Trinajstić information content (AvgIpc) is 2.98. The van der Waals surface area contributed by atoms with Crippen molar-refractivity contribution in [2.24, 2.45) is 11.1 Å². The first-order valence-electron chi connectivity index (χ1n) is 14.7. The maximum Gasteiger partial charge on any atom is 0.403 e. The number of carbonyl (C=O) groups is 2. The van der Waals surface area contributed by atoms with Gasteiger partial charge >= 0.3 is 18.3 Å². The normalized spacial score (nSPS) is 15.2. The van der Waals surface area contributed by atoms with Gasteiger partial charge in [-0.05, 0) is 74.4 Å². The van der Waals surface area contributed by atoms with Gasteiger partial charge in [0.05, 0.1) is 26.3 Å². The van der Waals surface area contributed by atoms with E-state index < -0.39 is 62.1 Å². The number of halogens is 6. The molecule has 14 heteroatoms. The molecule has 0 spiro atoms. The second-order valence-corrected chi connectivity index (χ2v) is 11.6. The van der Waals surface area contributed by atoms with Crippen LogP contribution in [-0.4, -0.2) is 87.1 Å². The number of amides is 1. The number of nitrogens with two attached hydrogens (primary N) is 1. The standard InChI is InChI=1S/C24H27NO4.C9H12F6N2O/c1-25(2)15-17-11-13-21(28-3)23(24(17)29-4)20-10-6-8-18-16(12-14-22(26)27)7-5-9-19(18)20;10-8(11,12)5-17-3-1-7(2-4-17,6(16)18)9(13,14)15/h5-11,13H,12,14-15H2,1-4H3,(H,26,27);1-5H2,(H2,16,18). The van der Waals surface area contributed by atoms with Crippen LogP contribution in [-0.2, 0) is 22.6 Å². The fourth-order valence-corrected chi connectivity index (χ4v) is 5.80. The van der Waals surface area contributed by atoms with Gasteiger partial charge in [-0.25, -0.2) is 0 Å². The first-order chi connectivity index (χ1) is 21.9. The van der Waals surface area contributed by atoms with Gasteiger partial charge in [0.1, 0.15) is 16.9 Å². The van der Waals surface area contributed by atoms with Crippen LogP contribution >= 0.6 is 0 Å². The zero-order chi connectivity index (χ0) is 35.2. The fraction of sp³-hybridized carbons (Fsp3) is 0.455. The smallest absolute Gasteiger partial charge is 0.403 e. The molecule has 0 aliphatic carbocycles. The molecule has 4 rings (SSSR count). The maximum atomic E-state index is 12.8. The Labute approximate surface area is 269 Å². The number of methoxy groups -OCH3 is 2. The summed E-state index contributed by atoms with van der Waals surface area (Å²) in [6, 6.07) is 16.1. The number of likely N-dealkylation sites (tertiary alicyclic amines) is 1. The topological polar surface area (TPSA) is 105 Å². The lowest BCUT2D eigenvalue weighted by molar-refractivity contribution is -0.234. The summed E-state index contributed by atoms with van der Waals surface area (Å²) in [5.74, 6) is -0.783. The molecule has 0 bridgehead atoms. The van der Waals surface area contributed by atoms with Crippen LogP contribution in [0.5, 0.6) is 11.5 Å². The predicted molar refractivity (Wildman–Crippen MR) is 165 cm³/mol. The van der Waals surface area contributed by atoms with Crippen molar-refractivity contribution in [3.63, 3.8) is 0 Å². The van der Waals surface area contributed by atoms with Gasteiger partial charge in [-0.3, -0.25) is 14.5 Å². The molecule has 1 fully saturated rings. The number of fused-ring (bicyclic) bond motifs is 1. The lowest BCUT2D eigenvalue weighted by Crippen LogP contribution is -2.56. The number of aryl methyl sites for hydroxylation is 1. The van der Waals surface area contributed by atoms with Crippen molar-refractivity contribution in [2.45, 2.75) is 44.6 Å². The van der Waals surface area contributed by atoms with E-state index in [1.165, 1.54) is 0 Å². The van der Waals surface area contributed by atoms with E-state index in [-0.39, 0.29) is 6.42 Å². The number of piperidine rings is 1. The molecule has 1 saturated heterocycles. The number of benzene rings is 3. The van der Waals surface area contributed by atoms with E-state index in [9.17, 15) is 35.9 Å². The SMILES string of the molecule is COc1ccc(CN(C)C)c(OC)c1-c1cccc2c(CCC(=O)O)cccc12.NC(=O)C1(C(F)(F)F)CCN(CC(F)(F)F)CC1. The van der Waals surface area contributed by atoms with Crippen molar-refractivity contribution < 1.29 is 50.5 Å². The van der Waals surface area contributed by atoms with Gasteiger partial charge in [-0.15, -0.1) is 0 Å². The Hall–Kier alpha value is -4.04. The fourth-order valence-electron chi connectivity index (χ4n) is 5.80. The molecule has 0 radical (unpaired) electrons. The van der Waals surface area contributed by atoms with Gasteiger partial charge in [0, 0.05) is 18.5 Å². The number of hydrogen-bond acceptors (Lipinski definition) is 6. The summed E-state index contributed by atoms with van der Waals surface area (Å²) >= 11 is 0. The van der Waals surface area contributed by atoms with Crippen LogP contribution in [0.1, 0.15) is 30.4 Å². The summed E-state index contributed by atoms with van der Waals surface area (Å²) in [6.45, 7) is -1.45. The van der Waals surface area contributed by atoms with Crippen molar-refractivity contribution >= 4 is 22.6 Å². The van der Waals surface area contributed by atoms with Crippen molar-refractivity contribution in [3.05, 3.63) is 59.7 Å². The molecule has 8 nitrogen and oxygen atoms in total. The highest BCUT2D eigenvalue weighted by molar-refractivity contribution is 6.01.